The smallest absolute Gasteiger partial charge is 0.270 e. The van der Waals surface area contributed by atoms with E-state index < -0.39 is 4.92 Å². The number of hydrogen-bond acceptors (Lipinski definition) is 2. The van der Waals surface area contributed by atoms with E-state index in [9.17, 15) is 10.1 Å². The summed E-state index contributed by atoms with van der Waals surface area (Å²) in [6.45, 7) is 0. The zero-order valence-corrected chi connectivity index (χ0v) is 7.02. The van der Waals surface area contributed by atoms with Crippen LogP contribution in [0.1, 0.15) is 0 Å². The summed E-state index contributed by atoms with van der Waals surface area (Å²) >= 11 is 0. The zero-order chi connectivity index (χ0) is 9.42. The Morgan fingerprint density at radius 2 is 2.31 bits per heavy atom. The first-order chi connectivity index (χ1) is 6.18. The predicted molar refractivity (Wildman–Crippen MR) is 48.4 cm³/mol. The minimum atomic E-state index is -0.403. The molecule has 0 atom stereocenters. The standard InChI is InChI=1S/C9H7N2O2/c1-10-5-4-7-6-8(11(12)13)2-3-9(7)10/h2-3,5-6H,1H3. The number of benzene rings is 1. The Labute approximate surface area is 74.6 Å². The second-order valence-corrected chi connectivity index (χ2v) is 2.84. The number of hydrogen-bond donors (Lipinski definition) is 0. The quantitative estimate of drug-likeness (QED) is 0.490. The van der Waals surface area contributed by atoms with Gasteiger partial charge in [0.2, 0.25) is 0 Å². The Morgan fingerprint density at radius 1 is 1.54 bits per heavy atom. The molecule has 1 aromatic carbocycles. The van der Waals surface area contributed by atoms with Crippen molar-refractivity contribution in [3.63, 3.8) is 0 Å². The number of non-ortho nitro benzene ring substituents is 1. The molecule has 4 heteroatoms. The van der Waals surface area contributed by atoms with Crippen LogP contribution in [0.3, 0.4) is 0 Å². The molecule has 0 N–H and O–H groups in total. The molecule has 0 bridgehead atoms. The van der Waals surface area contributed by atoms with E-state index in [0.29, 0.717) is 0 Å². The summed E-state index contributed by atoms with van der Waals surface area (Å²) in [5.74, 6) is 0. The van der Waals surface area contributed by atoms with Gasteiger partial charge in [-0.1, -0.05) is 0 Å². The third kappa shape index (κ3) is 1.16. The lowest BCUT2D eigenvalue weighted by Crippen LogP contribution is -1.88. The molecule has 0 saturated carbocycles. The number of rotatable bonds is 1. The number of nitro benzene ring substituents is 1. The van der Waals surface area contributed by atoms with Gasteiger partial charge in [0.05, 0.1) is 4.92 Å². The fraction of sp³-hybridized carbons (Fsp3) is 0.111. The Hall–Kier alpha value is -1.84. The van der Waals surface area contributed by atoms with Crippen LogP contribution in [0.25, 0.3) is 10.9 Å². The lowest BCUT2D eigenvalue weighted by atomic mass is 10.2. The van der Waals surface area contributed by atoms with Crippen LogP contribution >= 0.6 is 0 Å². The molecular weight excluding hydrogens is 168 g/mol. The van der Waals surface area contributed by atoms with Crippen molar-refractivity contribution in [1.29, 1.82) is 0 Å². The van der Waals surface area contributed by atoms with Crippen LogP contribution in [0.4, 0.5) is 5.69 Å². The minimum absolute atomic E-state index is 0.106. The number of fused-ring (bicyclic) bond motifs is 1. The highest BCUT2D eigenvalue weighted by Gasteiger charge is 2.06. The Balaban J connectivity index is 2.70. The van der Waals surface area contributed by atoms with Crippen molar-refractivity contribution < 1.29 is 4.92 Å². The van der Waals surface area contributed by atoms with Crippen molar-refractivity contribution in [3.8, 4) is 0 Å². The van der Waals surface area contributed by atoms with Gasteiger partial charge in [-0.2, -0.15) is 0 Å². The summed E-state index contributed by atoms with van der Waals surface area (Å²) in [5.41, 5.74) is 1.06. The van der Waals surface area contributed by atoms with Gasteiger partial charge in [0, 0.05) is 42.3 Å². The lowest BCUT2D eigenvalue weighted by Gasteiger charge is -1.94. The van der Waals surface area contributed by atoms with Gasteiger partial charge in [0.1, 0.15) is 0 Å². The molecule has 0 fully saturated rings. The van der Waals surface area contributed by atoms with E-state index in [1.165, 1.54) is 12.1 Å². The molecule has 0 spiro atoms. The third-order valence-corrected chi connectivity index (χ3v) is 1.98. The molecule has 13 heavy (non-hydrogen) atoms. The molecule has 1 radical (unpaired) electrons. The van der Waals surface area contributed by atoms with Gasteiger partial charge < -0.3 is 4.57 Å². The SMILES string of the molecule is Cn1c[c]c2cc([N+](=O)[O-])ccc21. The summed E-state index contributed by atoms with van der Waals surface area (Å²) < 4.78 is 1.87. The molecule has 2 aromatic rings. The van der Waals surface area contributed by atoms with E-state index in [1.807, 2.05) is 11.6 Å². The number of nitrogens with zero attached hydrogens (tertiary/aromatic N) is 2. The molecule has 4 nitrogen and oxygen atoms in total. The fourth-order valence-electron chi connectivity index (χ4n) is 1.30. The number of aromatic nitrogens is 1. The average Bonchev–Trinajstić information content (AvgIpc) is 2.47. The van der Waals surface area contributed by atoms with Crippen LogP contribution in [0.15, 0.2) is 24.4 Å². The molecule has 0 amide bonds. The Morgan fingerprint density at radius 3 is 3.00 bits per heavy atom. The summed E-state index contributed by atoms with van der Waals surface area (Å²) in [7, 11) is 1.88. The van der Waals surface area contributed by atoms with Crippen LogP contribution in [-0.4, -0.2) is 9.49 Å². The lowest BCUT2D eigenvalue weighted by molar-refractivity contribution is -0.384. The first-order valence-corrected chi connectivity index (χ1v) is 3.79. The fourth-order valence-corrected chi connectivity index (χ4v) is 1.30. The maximum atomic E-state index is 10.4. The highest BCUT2D eigenvalue weighted by atomic mass is 16.6. The highest BCUT2D eigenvalue weighted by molar-refractivity contribution is 5.81. The summed E-state index contributed by atoms with van der Waals surface area (Å²) in [4.78, 5) is 10.0. The van der Waals surface area contributed by atoms with E-state index >= 15 is 0 Å². The molecule has 1 heterocycles. The summed E-state index contributed by atoms with van der Waals surface area (Å²) in [5, 5.41) is 11.2. The van der Waals surface area contributed by atoms with E-state index in [2.05, 4.69) is 6.07 Å². The van der Waals surface area contributed by atoms with Crippen molar-refractivity contribution in [2.24, 2.45) is 7.05 Å². The first-order valence-electron chi connectivity index (χ1n) is 3.79. The van der Waals surface area contributed by atoms with Crippen molar-refractivity contribution >= 4 is 16.6 Å². The van der Waals surface area contributed by atoms with Crippen LogP contribution in [0.5, 0.6) is 0 Å². The van der Waals surface area contributed by atoms with Crippen molar-refractivity contribution in [1.82, 2.24) is 4.57 Å². The van der Waals surface area contributed by atoms with Crippen LogP contribution < -0.4 is 0 Å². The van der Waals surface area contributed by atoms with Crippen molar-refractivity contribution in [2.75, 3.05) is 0 Å². The molecule has 0 unspecified atom stereocenters. The van der Waals surface area contributed by atoms with Crippen LogP contribution in [0.2, 0.25) is 0 Å². The highest BCUT2D eigenvalue weighted by Crippen LogP contribution is 2.20. The van der Waals surface area contributed by atoms with Gasteiger partial charge in [-0.05, 0) is 6.07 Å². The van der Waals surface area contributed by atoms with Crippen LogP contribution in [-0.2, 0) is 7.05 Å². The van der Waals surface area contributed by atoms with Crippen molar-refractivity contribution in [3.05, 3.63) is 40.6 Å². The Bertz CT molecular complexity index is 473. The Kier molecular flexibility index (Phi) is 1.55. The number of aryl methyl sites for hydroxylation is 1. The van der Waals surface area contributed by atoms with Gasteiger partial charge in [-0.15, -0.1) is 0 Å². The largest absolute Gasteiger partial charge is 0.350 e. The van der Waals surface area contributed by atoms with E-state index in [1.54, 1.807) is 12.3 Å². The second kappa shape index (κ2) is 2.58. The average molecular weight is 175 g/mol. The zero-order valence-electron chi connectivity index (χ0n) is 7.02. The topological polar surface area (TPSA) is 48.1 Å². The number of nitro groups is 1. The molecule has 65 valence electrons. The molecule has 0 aliphatic carbocycles. The molecule has 2 rings (SSSR count). The monoisotopic (exact) mass is 175 g/mol. The van der Waals surface area contributed by atoms with Gasteiger partial charge >= 0.3 is 0 Å². The van der Waals surface area contributed by atoms with E-state index in [4.69, 9.17) is 0 Å². The van der Waals surface area contributed by atoms with E-state index in [-0.39, 0.29) is 5.69 Å². The molecule has 0 aliphatic heterocycles. The van der Waals surface area contributed by atoms with Gasteiger partial charge in [-0.25, -0.2) is 0 Å². The van der Waals surface area contributed by atoms with E-state index in [0.717, 1.165) is 10.9 Å². The summed E-state index contributed by atoms with van der Waals surface area (Å²) in [6.07, 6.45) is 1.76. The molecule has 0 aliphatic rings. The normalized spacial score (nSPS) is 10.5. The van der Waals surface area contributed by atoms with Gasteiger partial charge in [0.15, 0.2) is 0 Å². The third-order valence-electron chi connectivity index (χ3n) is 1.98. The molecule has 0 saturated heterocycles. The van der Waals surface area contributed by atoms with Gasteiger partial charge in [0.25, 0.3) is 5.69 Å². The van der Waals surface area contributed by atoms with Crippen molar-refractivity contribution in [2.45, 2.75) is 0 Å². The minimum Gasteiger partial charge on any atom is -0.350 e. The molecule has 1 aromatic heterocycles. The first kappa shape index (κ1) is 7.79. The maximum Gasteiger partial charge on any atom is 0.270 e. The maximum absolute atomic E-state index is 10.4. The summed E-state index contributed by atoms with van der Waals surface area (Å²) in [6, 6.07) is 7.69. The predicted octanol–water partition coefficient (Wildman–Crippen LogP) is 1.89. The molecular formula is C9H7N2O2. The van der Waals surface area contributed by atoms with Crippen LogP contribution in [0, 0.1) is 16.2 Å². The second-order valence-electron chi connectivity index (χ2n) is 2.84. The van der Waals surface area contributed by atoms with Gasteiger partial charge in [-0.3, -0.25) is 10.1 Å².